The molecule has 2 aromatic carbocycles. The number of hydrogen-bond donors (Lipinski definition) is 2. The lowest BCUT2D eigenvalue weighted by atomic mass is 9.92. The molecule has 0 saturated heterocycles. The Labute approximate surface area is 261 Å². The predicted octanol–water partition coefficient (Wildman–Crippen LogP) is 5.72. The van der Waals surface area contributed by atoms with Crippen molar-refractivity contribution in [3.63, 3.8) is 0 Å². The zero-order valence-corrected chi connectivity index (χ0v) is 27.1. The van der Waals surface area contributed by atoms with Gasteiger partial charge in [0.1, 0.15) is 17.8 Å². The number of aliphatic hydroxyl groups excluding tert-OH is 2. The van der Waals surface area contributed by atoms with E-state index in [4.69, 9.17) is 33.2 Å². The fraction of sp³-hybridized carbons (Fsp3) is 0.581. The minimum atomic E-state index is -0.990. The van der Waals surface area contributed by atoms with Crippen LogP contribution < -0.4 is 18.9 Å². The van der Waals surface area contributed by atoms with Crippen LogP contribution in [0.3, 0.4) is 0 Å². The van der Waals surface area contributed by atoms with Crippen molar-refractivity contribution in [2.45, 2.75) is 70.6 Å². The number of methoxy groups -OCH3 is 1. The molecule has 1 amide bonds. The number of halogens is 1. The second-order valence-electron chi connectivity index (χ2n) is 11.5. The fourth-order valence-corrected chi connectivity index (χ4v) is 5.79. The standard InChI is InChI=1S/C18H26BrNO6.C13H16O4/c1-18(2,3)26-17(22)20(4)9-12(21)15-11(14(8-19)23-5)6-7-13-16(15)25-10-24-13;1-2-3-10-12-8(9(14)6-15-10)4-5-11-13(12)17-7-16-11/h6-7,12,14,21H,8-10H2,1-5H3;4-5,9-10,14H,2-3,6-7H2,1H3. The van der Waals surface area contributed by atoms with E-state index in [0.29, 0.717) is 29.0 Å². The Balaban J connectivity index is 0.000000213. The van der Waals surface area contributed by atoms with Crippen molar-refractivity contribution in [1.29, 1.82) is 0 Å². The number of alkyl halides is 1. The first-order valence-electron chi connectivity index (χ1n) is 14.3. The average molecular weight is 669 g/mol. The van der Waals surface area contributed by atoms with E-state index in [-0.39, 0.29) is 32.3 Å². The van der Waals surface area contributed by atoms with Gasteiger partial charge in [-0.2, -0.15) is 0 Å². The number of carbonyl (C=O) groups is 1. The highest BCUT2D eigenvalue weighted by molar-refractivity contribution is 9.09. The predicted molar refractivity (Wildman–Crippen MR) is 161 cm³/mol. The summed E-state index contributed by atoms with van der Waals surface area (Å²) in [5.41, 5.74) is 2.61. The van der Waals surface area contributed by atoms with Crippen LogP contribution in [0.5, 0.6) is 23.0 Å². The Hall–Kier alpha value is -2.77. The van der Waals surface area contributed by atoms with Crippen molar-refractivity contribution in [2.24, 2.45) is 0 Å². The Bertz CT molecular complexity index is 1260. The smallest absolute Gasteiger partial charge is 0.410 e. The van der Waals surface area contributed by atoms with Gasteiger partial charge >= 0.3 is 6.09 Å². The van der Waals surface area contributed by atoms with Crippen LogP contribution in [0, 0.1) is 0 Å². The molecule has 0 spiro atoms. The van der Waals surface area contributed by atoms with E-state index >= 15 is 0 Å². The number of amides is 1. The van der Waals surface area contributed by atoms with Crippen molar-refractivity contribution >= 4 is 22.0 Å². The fourth-order valence-electron chi connectivity index (χ4n) is 5.17. The van der Waals surface area contributed by atoms with E-state index in [2.05, 4.69) is 22.9 Å². The van der Waals surface area contributed by atoms with E-state index in [0.717, 1.165) is 41.0 Å². The topological polar surface area (TPSA) is 125 Å². The summed E-state index contributed by atoms with van der Waals surface area (Å²) in [6, 6.07) is 7.41. The molecular weight excluding hydrogens is 626 g/mol. The van der Waals surface area contributed by atoms with Crippen LogP contribution in [0.25, 0.3) is 0 Å². The molecule has 11 nitrogen and oxygen atoms in total. The first-order chi connectivity index (χ1) is 20.5. The van der Waals surface area contributed by atoms with Crippen molar-refractivity contribution in [2.75, 3.05) is 46.2 Å². The molecule has 4 atom stereocenters. The van der Waals surface area contributed by atoms with E-state index in [9.17, 15) is 15.0 Å². The molecule has 0 radical (unpaired) electrons. The van der Waals surface area contributed by atoms with Crippen molar-refractivity contribution in [1.82, 2.24) is 4.90 Å². The SMILES string of the molecule is CCCC1OCC(O)c2ccc3c(c21)OCO3.COC(CBr)c1ccc2c(c1C(O)CN(C)C(=O)OC(C)(C)C)OCO2. The van der Waals surface area contributed by atoms with E-state index < -0.39 is 23.9 Å². The number of ether oxygens (including phenoxy) is 7. The van der Waals surface area contributed by atoms with Crippen molar-refractivity contribution in [3.8, 4) is 23.0 Å². The highest BCUT2D eigenvalue weighted by Crippen LogP contribution is 2.47. The van der Waals surface area contributed by atoms with Gasteiger partial charge in [-0.05, 0) is 50.5 Å². The van der Waals surface area contributed by atoms with Crippen LogP contribution in [-0.2, 0) is 14.2 Å². The molecule has 5 rings (SSSR count). The Morgan fingerprint density at radius 2 is 1.74 bits per heavy atom. The maximum absolute atomic E-state index is 12.2. The molecular formula is C31H42BrNO10. The first-order valence-corrected chi connectivity index (χ1v) is 15.5. The molecule has 4 unspecified atom stereocenters. The highest BCUT2D eigenvalue weighted by atomic mass is 79.9. The van der Waals surface area contributed by atoms with E-state index in [1.807, 2.05) is 18.2 Å². The Morgan fingerprint density at radius 1 is 1.09 bits per heavy atom. The number of hydrogen-bond acceptors (Lipinski definition) is 10. The molecule has 0 fully saturated rings. The normalized spacial score (nSPS) is 19.6. The van der Waals surface area contributed by atoms with Gasteiger partial charge in [0.2, 0.25) is 13.6 Å². The van der Waals surface area contributed by atoms with Crippen LogP contribution in [-0.4, -0.2) is 73.0 Å². The molecule has 2 N–H and O–H groups in total. The molecule has 0 saturated carbocycles. The van der Waals surface area contributed by atoms with Crippen LogP contribution >= 0.6 is 15.9 Å². The lowest BCUT2D eigenvalue weighted by Crippen LogP contribution is -2.36. The van der Waals surface area contributed by atoms with Crippen LogP contribution in [0.2, 0.25) is 0 Å². The van der Waals surface area contributed by atoms with Gasteiger partial charge in [-0.15, -0.1) is 0 Å². The van der Waals surface area contributed by atoms with Crippen molar-refractivity contribution < 1.29 is 48.2 Å². The summed E-state index contributed by atoms with van der Waals surface area (Å²) in [5.74, 6) is 2.55. The van der Waals surface area contributed by atoms with Crippen LogP contribution in [0.4, 0.5) is 4.79 Å². The molecule has 0 aliphatic carbocycles. The van der Waals surface area contributed by atoms with Gasteiger partial charge in [0.25, 0.3) is 0 Å². The van der Waals surface area contributed by atoms with Gasteiger partial charge in [0.15, 0.2) is 23.0 Å². The van der Waals surface area contributed by atoms with Gasteiger partial charge in [0, 0.05) is 30.6 Å². The largest absolute Gasteiger partial charge is 0.454 e. The molecule has 0 bridgehead atoms. The zero-order valence-electron chi connectivity index (χ0n) is 25.6. The quantitative estimate of drug-likeness (QED) is 0.338. The second-order valence-corrected chi connectivity index (χ2v) is 12.1. The van der Waals surface area contributed by atoms with Gasteiger partial charge in [0.05, 0.1) is 25.4 Å². The summed E-state index contributed by atoms with van der Waals surface area (Å²) in [7, 11) is 3.18. The first kappa shape index (κ1) is 33.1. The summed E-state index contributed by atoms with van der Waals surface area (Å²) in [6.07, 6.45) is -0.365. The van der Waals surface area contributed by atoms with Gasteiger partial charge in [-0.1, -0.05) is 41.4 Å². The highest BCUT2D eigenvalue weighted by Gasteiger charge is 2.34. The summed E-state index contributed by atoms with van der Waals surface area (Å²) in [6.45, 7) is 8.24. The number of aliphatic hydroxyl groups is 2. The summed E-state index contributed by atoms with van der Waals surface area (Å²) in [5, 5.41) is 21.4. The third kappa shape index (κ3) is 7.66. The number of carbonyl (C=O) groups excluding carboxylic acids is 1. The molecule has 3 aliphatic heterocycles. The Morgan fingerprint density at radius 3 is 2.37 bits per heavy atom. The maximum Gasteiger partial charge on any atom is 0.410 e. The molecule has 238 valence electrons. The van der Waals surface area contributed by atoms with Gasteiger partial charge in [-0.3, -0.25) is 0 Å². The zero-order chi connectivity index (χ0) is 31.3. The van der Waals surface area contributed by atoms with Crippen molar-refractivity contribution in [3.05, 3.63) is 46.5 Å². The minimum absolute atomic E-state index is 0.00931. The third-order valence-electron chi connectivity index (χ3n) is 7.17. The van der Waals surface area contributed by atoms with Gasteiger partial charge < -0.3 is 48.3 Å². The third-order valence-corrected chi connectivity index (χ3v) is 7.75. The Kier molecular flexibility index (Phi) is 11.0. The summed E-state index contributed by atoms with van der Waals surface area (Å²) >= 11 is 3.42. The average Bonchev–Trinajstić information content (AvgIpc) is 3.64. The van der Waals surface area contributed by atoms with E-state index in [1.54, 1.807) is 41.0 Å². The number of benzene rings is 2. The lowest BCUT2D eigenvalue weighted by Gasteiger charge is -2.30. The van der Waals surface area contributed by atoms with E-state index in [1.165, 1.54) is 4.90 Å². The molecule has 43 heavy (non-hydrogen) atoms. The molecule has 3 heterocycles. The number of rotatable bonds is 8. The van der Waals surface area contributed by atoms with Crippen LogP contribution in [0.15, 0.2) is 24.3 Å². The molecule has 3 aliphatic rings. The molecule has 12 heteroatoms. The minimum Gasteiger partial charge on any atom is -0.454 e. The van der Waals surface area contributed by atoms with Gasteiger partial charge in [-0.25, -0.2) is 4.79 Å². The number of nitrogens with zero attached hydrogens (tertiary/aromatic N) is 1. The maximum atomic E-state index is 12.2. The second kappa shape index (κ2) is 14.3. The monoisotopic (exact) mass is 667 g/mol. The molecule has 0 aromatic heterocycles. The summed E-state index contributed by atoms with van der Waals surface area (Å²) in [4.78, 5) is 13.5. The number of likely N-dealkylation sites (N-methyl/N-ethyl adjacent to an activating group) is 1. The van der Waals surface area contributed by atoms with Crippen LogP contribution in [0.1, 0.15) is 87.2 Å². The lowest BCUT2D eigenvalue weighted by molar-refractivity contribution is -0.0350. The number of fused-ring (bicyclic) bond motifs is 4. The summed E-state index contributed by atoms with van der Waals surface area (Å²) < 4.78 is 38.4. The molecule has 2 aromatic rings.